The van der Waals surface area contributed by atoms with Gasteiger partial charge in [0.25, 0.3) is 17.4 Å². The van der Waals surface area contributed by atoms with Crippen LogP contribution in [0.25, 0.3) is 10.8 Å². The van der Waals surface area contributed by atoms with Gasteiger partial charge in [0.1, 0.15) is 5.56 Å². The lowest BCUT2D eigenvalue weighted by atomic mass is 9.95. The molecule has 0 radical (unpaired) electrons. The summed E-state index contributed by atoms with van der Waals surface area (Å²) in [5, 5.41) is 15.7. The Bertz CT molecular complexity index is 1320. The van der Waals surface area contributed by atoms with Crippen LogP contribution in [0.1, 0.15) is 26.3 Å². The number of nitrogens with zero attached hydrogens (tertiary/aromatic N) is 3. The molecular formula is C18H11BrN4O5. The summed E-state index contributed by atoms with van der Waals surface area (Å²) >= 11 is 3.40. The van der Waals surface area contributed by atoms with Gasteiger partial charge in [-0.25, -0.2) is 4.79 Å². The quantitative estimate of drug-likeness (QED) is 0.457. The topological polar surface area (TPSA) is 125 Å². The fraction of sp³-hybridized carbons (Fsp3) is 0.0556. The van der Waals surface area contributed by atoms with Crippen LogP contribution in [0.4, 0.5) is 0 Å². The second-order valence-electron chi connectivity index (χ2n) is 6.05. The molecule has 0 saturated heterocycles. The predicted octanol–water partition coefficient (Wildman–Crippen LogP) is 1.32. The highest BCUT2D eigenvalue weighted by atomic mass is 79.9. The highest BCUT2D eigenvalue weighted by Crippen LogP contribution is 2.34. The number of nitrogens with one attached hydrogen (secondary N) is 1. The molecule has 0 fully saturated rings. The van der Waals surface area contributed by atoms with Crippen molar-refractivity contribution in [3.05, 3.63) is 72.3 Å². The Labute approximate surface area is 164 Å². The second-order valence-corrected chi connectivity index (χ2v) is 6.90. The first kappa shape index (κ1) is 17.9. The summed E-state index contributed by atoms with van der Waals surface area (Å²) in [6.07, 6.45) is 0.868. The molecule has 0 saturated carbocycles. The summed E-state index contributed by atoms with van der Waals surface area (Å²) in [5.74, 6) is -1.97. The van der Waals surface area contributed by atoms with Gasteiger partial charge in [-0.3, -0.25) is 23.9 Å². The van der Waals surface area contributed by atoms with Crippen molar-refractivity contribution in [3.8, 4) is 5.88 Å². The van der Waals surface area contributed by atoms with Crippen molar-refractivity contribution in [2.45, 2.75) is 0 Å². The van der Waals surface area contributed by atoms with Crippen molar-refractivity contribution >= 4 is 44.7 Å². The number of imide groups is 1. The Morgan fingerprint density at radius 3 is 2.46 bits per heavy atom. The molecule has 0 aliphatic carbocycles. The molecule has 9 nitrogen and oxygen atoms in total. The van der Waals surface area contributed by atoms with Gasteiger partial charge in [0.15, 0.2) is 0 Å². The van der Waals surface area contributed by atoms with Crippen molar-refractivity contribution < 1.29 is 14.7 Å². The van der Waals surface area contributed by atoms with Gasteiger partial charge >= 0.3 is 5.69 Å². The molecule has 1 aliphatic heterocycles. The molecule has 0 atom stereocenters. The van der Waals surface area contributed by atoms with E-state index in [1.165, 1.54) is 7.05 Å². The van der Waals surface area contributed by atoms with Gasteiger partial charge in [-0.1, -0.05) is 28.1 Å². The molecule has 0 spiro atoms. The van der Waals surface area contributed by atoms with Gasteiger partial charge in [-0.15, -0.1) is 0 Å². The van der Waals surface area contributed by atoms with Gasteiger partial charge in [-0.05, 0) is 23.6 Å². The molecule has 2 aromatic carbocycles. The van der Waals surface area contributed by atoms with Gasteiger partial charge in [0, 0.05) is 16.9 Å². The molecule has 2 N–H and O–H groups in total. The van der Waals surface area contributed by atoms with E-state index in [0.717, 1.165) is 15.3 Å². The van der Waals surface area contributed by atoms with Crippen molar-refractivity contribution in [2.24, 2.45) is 12.1 Å². The summed E-state index contributed by atoms with van der Waals surface area (Å²) in [6, 6.07) is 8.32. The minimum Gasteiger partial charge on any atom is -0.494 e. The van der Waals surface area contributed by atoms with Gasteiger partial charge in [0.2, 0.25) is 5.88 Å². The Kier molecular flexibility index (Phi) is 4.00. The van der Waals surface area contributed by atoms with Crippen LogP contribution in [-0.4, -0.2) is 37.7 Å². The smallest absolute Gasteiger partial charge is 0.330 e. The van der Waals surface area contributed by atoms with Gasteiger partial charge in [-0.2, -0.15) is 10.1 Å². The number of rotatable bonds is 2. The Hall–Kier alpha value is -3.53. The summed E-state index contributed by atoms with van der Waals surface area (Å²) in [7, 11) is 1.25. The highest BCUT2D eigenvalue weighted by molar-refractivity contribution is 9.10. The van der Waals surface area contributed by atoms with E-state index in [1.807, 2.05) is 4.98 Å². The SMILES string of the molecule is Cn1c(O)c(C=NN2C(=O)c3cccc4c(Br)ccc(c34)C2=O)c(=O)[nH]c1=O. The van der Waals surface area contributed by atoms with Crippen LogP contribution in [0.15, 0.2) is 49.5 Å². The summed E-state index contributed by atoms with van der Waals surface area (Å²) < 4.78 is 1.54. The van der Waals surface area contributed by atoms with E-state index in [-0.39, 0.29) is 16.7 Å². The molecule has 140 valence electrons. The minimum atomic E-state index is -0.896. The van der Waals surface area contributed by atoms with Crippen molar-refractivity contribution in [1.29, 1.82) is 0 Å². The molecule has 0 bridgehead atoms. The van der Waals surface area contributed by atoms with Crippen LogP contribution >= 0.6 is 15.9 Å². The average molecular weight is 443 g/mol. The largest absolute Gasteiger partial charge is 0.494 e. The standard InChI is InChI=1S/C18H11BrN4O5/c1-22-15(25)11(14(24)21-18(22)28)7-20-23-16(26)9-4-2-3-8-12(19)6-5-10(13(8)9)17(23)27/h2-7,25H,1H3,(H,21,24,28). The number of benzene rings is 2. The van der Waals surface area contributed by atoms with E-state index in [1.54, 1.807) is 30.3 Å². The number of hydrogen-bond donors (Lipinski definition) is 2. The van der Waals surface area contributed by atoms with Crippen LogP contribution < -0.4 is 11.2 Å². The second kappa shape index (κ2) is 6.27. The van der Waals surface area contributed by atoms with E-state index in [4.69, 9.17) is 0 Å². The summed E-state index contributed by atoms with van der Waals surface area (Å²) in [5.41, 5.74) is -1.50. The van der Waals surface area contributed by atoms with E-state index in [0.29, 0.717) is 15.8 Å². The fourth-order valence-electron chi connectivity index (χ4n) is 3.01. The molecule has 0 unspecified atom stereocenters. The zero-order valence-electron chi connectivity index (χ0n) is 14.3. The molecule has 3 aromatic rings. The third-order valence-electron chi connectivity index (χ3n) is 4.46. The number of H-pyrrole nitrogens is 1. The zero-order valence-corrected chi connectivity index (χ0v) is 15.8. The molecule has 1 aromatic heterocycles. The molecule has 2 amide bonds. The van der Waals surface area contributed by atoms with Crippen LogP contribution in [-0.2, 0) is 7.05 Å². The van der Waals surface area contributed by atoms with Crippen LogP contribution in [0.2, 0.25) is 0 Å². The molecular weight excluding hydrogens is 432 g/mol. The Morgan fingerprint density at radius 1 is 1.07 bits per heavy atom. The highest BCUT2D eigenvalue weighted by Gasteiger charge is 2.33. The Balaban J connectivity index is 1.85. The first-order valence-corrected chi connectivity index (χ1v) is 8.77. The van der Waals surface area contributed by atoms with Gasteiger partial charge < -0.3 is 5.11 Å². The normalized spacial score (nSPS) is 13.7. The first-order chi connectivity index (χ1) is 13.3. The third-order valence-corrected chi connectivity index (χ3v) is 5.16. The van der Waals surface area contributed by atoms with Crippen LogP contribution in [0.5, 0.6) is 5.88 Å². The molecule has 28 heavy (non-hydrogen) atoms. The number of halogens is 1. The number of amides is 2. The zero-order chi connectivity index (χ0) is 20.2. The van der Waals surface area contributed by atoms with E-state index in [2.05, 4.69) is 21.0 Å². The maximum atomic E-state index is 12.8. The fourth-order valence-corrected chi connectivity index (χ4v) is 3.47. The summed E-state index contributed by atoms with van der Waals surface area (Å²) in [6.45, 7) is 0. The molecule has 10 heteroatoms. The number of hydrogen-bond acceptors (Lipinski definition) is 6. The number of aromatic nitrogens is 2. The van der Waals surface area contributed by atoms with Crippen LogP contribution in [0.3, 0.4) is 0 Å². The average Bonchev–Trinajstić information content (AvgIpc) is 2.67. The maximum absolute atomic E-state index is 12.8. The Morgan fingerprint density at radius 2 is 1.75 bits per heavy atom. The van der Waals surface area contributed by atoms with Crippen molar-refractivity contribution in [1.82, 2.24) is 14.6 Å². The van der Waals surface area contributed by atoms with Gasteiger partial charge in [0.05, 0.1) is 17.3 Å². The predicted molar refractivity (Wildman–Crippen MR) is 104 cm³/mol. The molecule has 1 aliphatic rings. The molecule has 2 heterocycles. The lowest BCUT2D eigenvalue weighted by Gasteiger charge is -2.23. The number of aromatic amines is 1. The van der Waals surface area contributed by atoms with E-state index < -0.39 is 28.9 Å². The van der Waals surface area contributed by atoms with Crippen molar-refractivity contribution in [3.63, 3.8) is 0 Å². The van der Waals surface area contributed by atoms with E-state index in [9.17, 15) is 24.3 Å². The first-order valence-electron chi connectivity index (χ1n) is 7.97. The monoisotopic (exact) mass is 442 g/mol. The lowest BCUT2D eigenvalue weighted by molar-refractivity contribution is 0.0616. The number of hydrazone groups is 1. The lowest BCUT2D eigenvalue weighted by Crippen LogP contribution is -2.37. The number of carbonyl (C=O) groups excluding carboxylic acids is 2. The maximum Gasteiger partial charge on any atom is 0.330 e. The van der Waals surface area contributed by atoms with E-state index >= 15 is 0 Å². The van der Waals surface area contributed by atoms with Crippen LogP contribution in [0, 0.1) is 0 Å². The number of aromatic hydroxyl groups is 1. The minimum absolute atomic E-state index is 0.282. The number of carbonyl (C=O) groups is 2. The molecule has 4 rings (SSSR count). The van der Waals surface area contributed by atoms with Crippen molar-refractivity contribution in [2.75, 3.05) is 0 Å². The summed E-state index contributed by atoms with van der Waals surface area (Å²) in [4.78, 5) is 51.0. The third kappa shape index (κ3) is 2.49.